The maximum Gasteiger partial charge on any atom is 0.106 e. The van der Waals surface area contributed by atoms with Crippen LogP contribution in [0.25, 0.3) is 0 Å². The summed E-state index contributed by atoms with van der Waals surface area (Å²) in [7, 11) is 0. The Balaban J connectivity index is 2.69. The third kappa shape index (κ3) is 3.46. The van der Waals surface area contributed by atoms with E-state index in [1.54, 1.807) is 12.1 Å². The molecule has 3 N–H and O–H groups in total. The first kappa shape index (κ1) is 12.4. The standard InChI is InChI=1S/C10H15NO3S/c12-6-8-2-1-7(5-11-8)10(14)9(13)3-4-15/h1-2,5,9-10,12-15H,3-4,6H2. The molecule has 1 rings (SSSR count). The highest BCUT2D eigenvalue weighted by molar-refractivity contribution is 7.80. The molecule has 0 aliphatic carbocycles. The zero-order valence-corrected chi connectivity index (χ0v) is 9.14. The summed E-state index contributed by atoms with van der Waals surface area (Å²) in [5.74, 6) is 0.514. The van der Waals surface area contributed by atoms with Gasteiger partial charge in [-0.1, -0.05) is 6.07 Å². The van der Waals surface area contributed by atoms with Gasteiger partial charge in [0.25, 0.3) is 0 Å². The number of thiol groups is 1. The minimum absolute atomic E-state index is 0.129. The van der Waals surface area contributed by atoms with E-state index in [1.807, 2.05) is 0 Å². The zero-order chi connectivity index (χ0) is 11.3. The smallest absolute Gasteiger partial charge is 0.106 e. The second-order valence-electron chi connectivity index (χ2n) is 3.27. The van der Waals surface area contributed by atoms with Gasteiger partial charge in [-0.05, 0) is 18.2 Å². The quantitative estimate of drug-likeness (QED) is 0.548. The number of pyridine rings is 1. The van der Waals surface area contributed by atoms with Crippen molar-refractivity contribution in [3.63, 3.8) is 0 Å². The van der Waals surface area contributed by atoms with E-state index in [1.165, 1.54) is 6.20 Å². The van der Waals surface area contributed by atoms with E-state index < -0.39 is 12.2 Å². The van der Waals surface area contributed by atoms with Gasteiger partial charge in [-0.15, -0.1) is 0 Å². The fraction of sp³-hybridized carbons (Fsp3) is 0.500. The molecule has 0 bridgehead atoms. The Morgan fingerprint density at radius 2 is 2.07 bits per heavy atom. The zero-order valence-electron chi connectivity index (χ0n) is 8.24. The summed E-state index contributed by atoms with van der Waals surface area (Å²) >= 11 is 3.98. The third-order valence-electron chi connectivity index (χ3n) is 2.14. The Labute approximate surface area is 94.0 Å². The van der Waals surface area contributed by atoms with E-state index in [0.717, 1.165) is 0 Å². The summed E-state index contributed by atoms with van der Waals surface area (Å²) in [6.45, 7) is -0.129. The molecule has 1 heterocycles. The second-order valence-corrected chi connectivity index (χ2v) is 3.71. The number of hydrogen-bond donors (Lipinski definition) is 4. The van der Waals surface area contributed by atoms with E-state index >= 15 is 0 Å². The highest BCUT2D eigenvalue weighted by Gasteiger charge is 2.17. The predicted molar refractivity (Wildman–Crippen MR) is 59.6 cm³/mol. The molecule has 0 aliphatic heterocycles. The molecular formula is C10H15NO3S. The Bertz CT molecular complexity index is 291. The van der Waals surface area contributed by atoms with Crippen LogP contribution in [0.3, 0.4) is 0 Å². The van der Waals surface area contributed by atoms with Crippen LogP contribution in [0.4, 0.5) is 0 Å². The van der Waals surface area contributed by atoms with Crippen molar-refractivity contribution in [3.05, 3.63) is 29.6 Å². The molecule has 4 nitrogen and oxygen atoms in total. The first-order chi connectivity index (χ1) is 7.19. The molecule has 0 amide bonds. The van der Waals surface area contributed by atoms with E-state index in [9.17, 15) is 10.2 Å². The third-order valence-corrected chi connectivity index (χ3v) is 2.40. The number of hydrogen-bond acceptors (Lipinski definition) is 5. The molecule has 15 heavy (non-hydrogen) atoms. The van der Waals surface area contributed by atoms with Crippen LogP contribution < -0.4 is 0 Å². The van der Waals surface area contributed by atoms with Crippen molar-refractivity contribution in [3.8, 4) is 0 Å². The van der Waals surface area contributed by atoms with Crippen molar-refractivity contribution in [2.24, 2.45) is 0 Å². The van der Waals surface area contributed by atoms with Crippen molar-refractivity contribution >= 4 is 12.6 Å². The minimum Gasteiger partial charge on any atom is -0.390 e. The average Bonchev–Trinajstić information content (AvgIpc) is 2.28. The fourth-order valence-electron chi connectivity index (χ4n) is 1.22. The number of aliphatic hydroxyl groups is 3. The largest absolute Gasteiger partial charge is 0.390 e. The number of aromatic nitrogens is 1. The highest BCUT2D eigenvalue weighted by atomic mass is 32.1. The molecule has 0 aliphatic rings. The maximum absolute atomic E-state index is 9.70. The summed E-state index contributed by atoms with van der Waals surface area (Å²) in [6.07, 6.45) is 0.103. The van der Waals surface area contributed by atoms with Gasteiger partial charge in [-0.3, -0.25) is 4.98 Å². The van der Waals surface area contributed by atoms with Crippen molar-refractivity contribution < 1.29 is 15.3 Å². The summed E-state index contributed by atoms with van der Waals surface area (Å²) in [4.78, 5) is 3.92. The van der Waals surface area contributed by atoms with Gasteiger partial charge >= 0.3 is 0 Å². The molecule has 2 atom stereocenters. The van der Waals surface area contributed by atoms with E-state index in [4.69, 9.17) is 5.11 Å². The monoisotopic (exact) mass is 229 g/mol. The van der Waals surface area contributed by atoms with Crippen LogP contribution in [-0.4, -0.2) is 32.2 Å². The van der Waals surface area contributed by atoms with Gasteiger partial charge in [-0.2, -0.15) is 12.6 Å². The van der Waals surface area contributed by atoms with Gasteiger partial charge in [0.15, 0.2) is 0 Å². The summed E-state index contributed by atoms with van der Waals surface area (Å²) in [5, 5.41) is 28.0. The molecule has 0 radical (unpaired) electrons. The van der Waals surface area contributed by atoms with E-state index in [2.05, 4.69) is 17.6 Å². The molecule has 84 valence electrons. The second kappa shape index (κ2) is 6.07. The lowest BCUT2D eigenvalue weighted by atomic mass is 10.0. The summed E-state index contributed by atoms with van der Waals surface area (Å²) < 4.78 is 0. The van der Waals surface area contributed by atoms with Crippen LogP contribution in [0.2, 0.25) is 0 Å². The average molecular weight is 229 g/mol. The van der Waals surface area contributed by atoms with Crippen molar-refractivity contribution in [1.82, 2.24) is 4.98 Å². The lowest BCUT2D eigenvalue weighted by Crippen LogP contribution is -2.18. The van der Waals surface area contributed by atoms with Gasteiger partial charge in [0.2, 0.25) is 0 Å². The number of nitrogens with zero attached hydrogens (tertiary/aromatic N) is 1. The first-order valence-electron chi connectivity index (χ1n) is 4.71. The van der Waals surface area contributed by atoms with Crippen LogP contribution >= 0.6 is 12.6 Å². The van der Waals surface area contributed by atoms with Gasteiger partial charge in [0.1, 0.15) is 6.10 Å². The van der Waals surface area contributed by atoms with Crippen LogP contribution in [0.1, 0.15) is 23.8 Å². The first-order valence-corrected chi connectivity index (χ1v) is 5.35. The van der Waals surface area contributed by atoms with Crippen molar-refractivity contribution in [2.45, 2.75) is 25.2 Å². The summed E-state index contributed by atoms with van der Waals surface area (Å²) in [5.41, 5.74) is 1.08. The molecule has 1 aromatic rings. The van der Waals surface area contributed by atoms with Gasteiger partial charge in [-0.25, -0.2) is 0 Å². The maximum atomic E-state index is 9.70. The molecule has 0 saturated heterocycles. The molecular weight excluding hydrogens is 214 g/mol. The van der Waals surface area contributed by atoms with Crippen LogP contribution in [-0.2, 0) is 6.61 Å². The van der Waals surface area contributed by atoms with Crippen molar-refractivity contribution in [1.29, 1.82) is 0 Å². The fourth-order valence-corrected chi connectivity index (χ4v) is 1.48. The molecule has 1 aromatic heterocycles. The lowest BCUT2D eigenvalue weighted by molar-refractivity contribution is 0.0170. The Hall–Kier alpha value is -0.620. The topological polar surface area (TPSA) is 73.6 Å². The Morgan fingerprint density at radius 3 is 2.53 bits per heavy atom. The predicted octanol–water partition coefficient (Wildman–Crippen LogP) is 0.288. The SMILES string of the molecule is OCc1ccc(C(O)C(O)CCS)cn1. The lowest BCUT2D eigenvalue weighted by Gasteiger charge is -2.16. The van der Waals surface area contributed by atoms with Gasteiger partial charge < -0.3 is 15.3 Å². The van der Waals surface area contributed by atoms with E-state index in [0.29, 0.717) is 23.4 Å². The van der Waals surface area contributed by atoms with Crippen LogP contribution in [0.15, 0.2) is 18.3 Å². The summed E-state index contributed by atoms with van der Waals surface area (Å²) in [6, 6.07) is 3.26. The minimum atomic E-state index is -0.947. The molecule has 0 spiro atoms. The molecule has 0 saturated carbocycles. The number of rotatable bonds is 5. The molecule has 2 unspecified atom stereocenters. The Morgan fingerprint density at radius 1 is 1.33 bits per heavy atom. The normalized spacial score (nSPS) is 14.9. The molecule has 0 aromatic carbocycles. The van der Waals surface area contributed by atoms with E-state index in [-0.39, 0.29) is 6.61 Å². The highest BCUT2D eigenvalue weighted by Crippen LogP contribution is 2.18. The Kier molecular flexibility index (Phi) is 5.04. The van der Waals surface area contributed by atoms with Crippen molar-refractivity contribution in [2.75, 3.05) is 5.75 Å². The molecule has 5 heteroatoms. The van der Waals surface area contributed by atoms with Crippen LogP contribution in [0, 0.1) is 0 Å². The molecule has 0 fully saturated rings. The van der Waals surface area contributed by atoms with Gasteiger partial charge in [0, 0.05) is 11.8 Å². The number of aliphatic hydroxyl groups excluding tert-OH is 3. The van der Waals surface area contributed by atoms with Gasteiger partial charge in [0.05, 0.1) is 18.4 Å². The van der Waals surface area contributed by atoms with Crippen LogP contribution in [0.5, 0.6) is 0 Å².